The molecule has 1 atom stereocenters. The van der Waals surface area contributed by atoms with Crippen molar-refractivity contribution in [2.45, 2.75) is 32.7 Å². The van der Waals surface area contributed by atoms with Crippen LogP contribution in [0.15, 0.2) is 30.6 Å². The van der Waals surface area contributed by atoms with Gasteiger partial charge in [0.25, 0.3) is 0 Å². The number of nitrogens with one attached hydrogen (secondary N) is 1. The van der Waals surface area contributed by atoms with Gasteiger partial charge in [0, 0.05) is 25.4 Å². The molecule has 0 bridgehead atoms. The molecule has 108 valence electrons. The third-order valence-electron chi connectivity index (χ3n) is 3.16. The Morgan fingerprint density at radius 3 is 2.95 bits per heavy atom. The summed E-state index contributed by atoms with van der Waals surface area (Å²) < 4.78 is 1.97. The Bertz CT molecular complexity index is 543. The second-order valence-electron chi connectivity index (χ2n) is 5.48. The molecular weight excluding hydrogens is 252 g/mol. The van der Waals surface area contributed by atoms with Gasteiger partial charge in [0.1, 0.15) is 5.65 Å². The largest absolute Gasteiger partial charge is 0.354 e. The highest BCUT2D eigenvalue weighted by Crippen LogP contribution is 2.05. The Morgan fingerprint density at radius 1 is 1.45 bits per heavy atom. The lowest BCUT2D eigenvalue weighted by Crippen LogP contribution is -2.42. The summed E-state index contributed by atoms with van der Waals surface area (Å²) in [5, 5.41) is 2.87. The number of rotatable bonds is 6. The zero-order chi connectivity index (χ0) is 14.5. The fourth-order valence-electron chi connectivity index (χ4n) is 2.17. The van der Waals surface area contributed by atoms with Crippen molar-refractivity contribution in [1.82, 2.24) is 14.7 Å². The summed E-state index contributed by atoms with van der Waals surface area (Å²) >= 11 is 0. The minimum absolute atomic E-state index is 0.0811. The van der Waals surface area contributed by atoms with E-state index in [0.717, 1.165) is 11.3 Å². The Balaban J connectivity index is 1.82. The van der Waals surface area contributed by atoms with Gasteiger partial charge in [-0.3, -0.25) is 4.79 Å². The molecule has 0 unspecified atom stereocenters. The predicted octanol–water partition coefficient (Wildman–Crippen LogP) is 1.37. The van der Waals surface area contributed by atoms with Crippen molar-refractivity contribution >= 4 is 11.6 Å². The summed E-state index contributed by atoms with van der Waals surface area (Å²) in [7, 11) is 0. The molecule has 2 rings (SSSR count). The Morgan fingerprint density at radius 2 is 2.25 bits per heavy atom. The molecule has 20 heavy (non-hydrogen) atoms. The molecule has 0 aromatic carbocycles. The summed E-state index contributed by atoms with van der Waals surface area (Å²) in [4.78, 5) is 16.3. The molecule has 2 aromatic rings. The van der Waals surface area contributed by atoms with Gasteiger partial charge in [0.05, 0.1) is 11.7 Å². The van der Waals surface area contributed by atoms with Crippen LogP contribution in [0, 0.1) is 5.92 Å². The van der Waals surface area contributed by atoms with Crippen molar-refractivity contribution in [2.75, 3.05) is 6.54 Å². The van der Waals surface area contributed by atoms with Gasteiger partial charge in [-0.25, -0.2) is 4.98 Å². The van der Waals surface area contributed by atoms with Crippen LogP contribution in [0.25, 0.3) is 5.65 Å². The van der Waals surface area contributed by atoms with Crippen LogP contribution >= 0.6 is 0 Å². The number of amides is 1. The standard InChI is InChI=1S/C15H22N4O/c1-11(2)9-13(16)15(20)17-7-6-12-10-19-8-4-3-5-14(19)18-12/h3-5,8,10-11,13H,6-7,9,16H2,1-2H3,(H,17,20)/t13-/m0/s1. The van der Waals surface area contributed by atoms with E-state index in [2.05, 4.69) is 24.1 Å². The number of pyridine rings is 1. The van der Waals surface area contributed by atoms with Crippen LogP contribution in [0.4, 0.5) is 0 Å². The number of carbonyl (C=O) groups excluding carboxylic acids is 1. The monoisotopic (exact) mass is 274 g/mol. The van der Waals surface area contributed by atoms with Crippen molar-refractivity contribution < 1.29 is 4.79 Å². The maximum Gasteiger partial charge on any atom is 0.236 e. The molecule has 0 fully saturated rings. The molecule has 3 N–H and O–H groups in total. The Kier molecular flexibility index (Phi) is 4.74. The van der Waals surface area contributed by atoms with Crippen LogP contribution in [0.3, 0.4) is 0 Å². The summed E-state index contributed by atoms with van der Waals surface area (Å²) in [6.07, 6.45) is 5.36. The highest BCUT2D eigenvalue weighted by Gasteiger charge is 2.14. The van der Waals surface area contributed by atoms with E-state index < -0.39 is 6.04 Å². The number of carbonyl (C=O) groups is 1. The van der Waals surface area contributed by atoms with Crippen molar-refractivity contribution in [2.24, 2.45) is 11.7 Å². The van der Waals surface area contributed by atoms with E-state index in [9.17, 15) is 4.79 Å². The van der Waals surface area contributed by atoms with E-state index in [-0.39, 0.29) is 5.91 Å². The van der Waals surface area contributed by atoms with Gasteiger partial charge in [-0.2, -0.15) is 0 Å². The minimum atomic E-state index is -0.420. The van der Waals surface area contributed by atoms with E-state index >= 15 is 0 Å². The van der Waals surface area contributed by atoms with Crippen LogP contribution in [-0.4, -0.2) is 27.9 Å². The zero-order valence-corrected chi connectivity index (χ0v) is 12.0. The molecular formula is C15H22N4O. The molecule has 0 aliphatic rings. The lowest BCUT2D eigenvalue weighted by molar-refractivity contribution is -0.122. The first-order valence-electron chi connectivity index (χ1n) is 7.02. The first-order valence-corrected chi connectivity index (χ1v) is 7.02. The number of aromatic nitrogens is 2. The predicted molar refractivity (Wildman–Crippen MR) is 79.3 cm³/mol. The number of nitrogens with zero attached hydrogens (tertiary/aromatic N) is 2. The van der Waals surface area contributed by atoms with Gasteiger partial charge in [0.2, 0.25) is 5.91 Å². The van der Waals surface area contributed by atoms with E-state index in [1.165, 1.54) is 0 Å². The zero-order valence-electron chi connectivity index (χ0n) is 12.0. The molecule has 0 saturated carbocycles. The SMILES string of the molecule is CC(C)C[C@H](N)C(=O)NCCc1cn2ccccc2n1. The van der Waals surface area contributed by atoms with E-state index in [1.807, 2.05) is 35.0 Å². The molecule has 2 aromatic heterocycles. The van der Waals surface area contributed by atoms with Crippen molar-refractivity contribution in [3.63, 3.8) is 0 Å². The molecule has 5 nitrogen and oxygen atoms in total. The summed E-state index contributed by atoms with van der Waals surface area (Å²) in [6.45, 7) is 4.68. The molecule has 1 amide bonds. The van der Waals surface area contributed by atoms with Gasteiger partial charge < -0.3 is 15.5 Å². The van der Waals surface area contributed by atoms with Gasteiger partial charge in [-0.05, 0) is 24.5 Å². The average Bonchev–Trinajstić information content (AvgIpc) is 2.80. The van der Waals surface area contributed by atoms with Crippen molar-refractivity contribution in [3.05, 3.63) is 36.3 Å². The van der Waals surface area contributed by atoms with Gasteiger partial charge in [-0.1, -0.05) is 19.9 Å². The van der Waals surface area contributed by atoms with Crippen LogP contribution in [0.1, 0.15) is 26.0 Å². The normalized spacial score (nSPS) is 12.8. The molecule has 0 spiro atoms. The van der Waals surface area contributed by atoms with Crippen LogP contribution in [0.5, 0.6) is 0 Å². The quantitative estimate of drug-likeness (QED) is 0.835. The second kappa shape index (κ2) is 6.52. The van der Waals surface area contributed by atoms with Crippen molar-refractivity contribution in [3.8, 4) is 0 Å². The maximum absolute atomic E-state index is 11.8. The lowest BCUT2D eigenvalue weighted by atomic mass is 10.0. The number of nitrogens with two attached hydrogens (primary N) is 1. The molecule has 0 aliphatic heterocycles. The molecule has 5 heteroatoms. The number of hydrogen-bond acceptors (Lipinski definition) is 3. The van der Waals surface area contributed by atoms with Gasteiger partial charge in [-0.15, -0.1) is 0 Å². The maximum atomic E-state index is 11.8. The van der Waals surface area contributed by atoms with Crippen LogP contribution < -0.4 is 11.1 Å². The molecule has 2 heterocycles. The first-order chi connectivity index (χ1) is 9.56. The van der Waals surface area contributed by atoms with Gasteiger partial charge >= 0.3 is 0 Å². The highest BCUT2D eigenvalue weighted by atomic mass is 16.2. The molecule has 0 aliphatic carbocycles. The van der Waals surface area contributed by atoms with Crippen LogP contribution in [-0.2, 0) is 11.2 Å². The Hall–Kier alpha value is -1.88. The lowest BCUT2D eigenvalue weighted by Gasteiger charge is -2.13. The molecule has 0 radical (unpaired) electrons. The minimum Gasteiger partial charge on any atom is -0.354 e. The average molecular weight is 274 g/mol. The fourth-order valence-corrected chi connectivity index (χ4v) is 2.17. The second-order valence-corrected chi connectivity index (χ2v) is 5.48. The topological polar surface area (TPSA) is 72.4 Å². The fraction of sp³-hybridized carbons (Fsp3) is 0.467. The van der Waals surface area contributed by atoms with E-state index in [1.54, 1.807) is 0 Å². The van der Waals surface area contributed by atoms with E-state index in [0.29, 0.717) is 25.3 Å². The smallest absolute Gasteiger partial charge is 0.236 e. The third kappa shape index (κ3) is 3.81. The number of fused-ring (bicyclic) bond motifs is 1. The van der Waals surface area contributed by atoms with Crippen molar-refractivity contribution in [1.29, 1.82) is 0 Å². The summed E-state index contributed by atoms with van der Waals surface area (Å²) in [6, 6.07) is 5.46. The van der Waals surface area contributed by atoms with Crippen LogP contribution in [0.2, 0.25) is 0 Å². The highest BCUT2D eigenvalue weighted by molar-refractivity contribution is 5.81. The van der Waals surface area contributed by atoms with E-state index in [4.69, 9.17) is 5.73 Å². The first kappa shape index (κ1) is 14.5. The van der Waals surface area contributed by atoms with Gasteiger partial charge in [0.15, 0.2) is 0 Å². The summed E-state index contributed by atoms with van der Waals surface area (Å²) in [5.41, 5.74) is 7.72. The molecule has 0 saturated heterocycles. The Labute approximate surface area is 119 Å². The summed E-state index contributed by atoms with van der Waals surface area (Å²) in [5.74, 6) is 0.344. The third-order valence-corrected chi connectivity index (χ3v) is 3.16. The number of hydrogen-bond donors (Lipinski definition) is 2. The number of imidazole rings is 1.